The molecule has 71 heavy (non-hydrogen) atoms. The zero-order valence-corrected chi connectivity index (χ0v) is 45.7. The molecule has 0 bridgehead atoms. The van der Waals surface area contributed by atoms with Gasteiger partial charge in [0.1, 0.15) is 13.2 Å². The highest BCUT2D eigenvalue weighted by Crippen LogP contribution is 2.14. The second kappa shape index (κ2) is 58.1. The number of rotatable bonds is 50. The molecule has 0 aromatic heterocycles. The normalized spacial score (nSPS) is 13.1. The molecule has 6 nitrogen and oxygen atoms in total. The molecule has 1 atom stereocenters. The van der Waals surface area contributed by atoms with Crippen LogP contribution in [-0.4, -0.2) is 37.2 Å². The largest absolute Gasteiger partial charge is 0.462 e. The smallest absolute Gasteiger partial charge is 0.306 e. The predicted octanol–water partition coefficient (Wildman–Crippen LogP) is 19.4. The van der Waals surface area contributed by atoms with E-state index >= 15 is 0 Å². The van der Waals surface area contributed by atoms with Crippen LogP contribution in [0.25, 0.3) is 0 Å². The number of allylic oxidation sites excluding steroid dienone is 22. The summed E-state index contributed by atoms with van der Waals surface area (Å²) in [4.78, 5) is 38.0. The molecule has 0 fully saturated rings. The van der Waals surface area contributed by atoms with Crippen LogP contribution in [0.15, 0.2) is 134 Å². The summed E-state index contributed by atoms with van der Waals surface area (Å²) in [7, 11) is 0. The maximum absolute atomic E-state index is 12.8. The topological polar surface area (TPSA) is 78.9 Å². The zero-order valence-electron chi connectivity index (χ0n) is 45.7. The Morgan fingerprint density at radius 1 is 0.296 bits per heavy atom. The van der Waals surface area contributed by atoms with Crippen LogP contribution in [-0.2, 0) is 28.6 Å². The first-order valence-corrected chi connectivity index (χ1v) is 28.7. The van der Waals surface area contributed by atoms with Gasteiger partial charge in [-0.3, -0.25) is 14.4 Å². The average molecular weight is 982 g/mol. The highest BCUT2D eigenvalue weighted by Gasteiger charge is 2.19. The number of carbonyl (C=O) groups excluding carboxylic acids is 3. The third-order valence-electron chi connectivity index (χ3n) is 11.6. The maximum Gasteiger partial charge on any atom is 0.306 e. The summed E-state index contributed by atoms with van der Waals surface area (Å²) in [6.45, 7) is 6.38. The molecule has 0 aliphatic rings. The Morgan fingerprint density at radius 3 is 0.972 bits per heavy atom. The van der Waals surface area contributed by atoms with Gasteiger partial charge in [0.2, 0.25) is 0 Å². The Balaban J connectivity index is 4.40. The van der Waals surface area contributed by atoms with E-state index in [-0.39, 0.29) is 37.5 Å². The number of esters is 3. The fraction of sp³-hybridized carbons (Fsp3) is 0.615. The molecular weight excluding hydrogens is 877 g/mol. The molecular formula is C65H104O6. The van der Waals surface area contributed by atoms with Gasteiger partial charge in [-0.25, -0.2) is 0 Å². The van der Waals surface area contributed by atoms with Crippen LogP contribution in [0.2, 0.25) is 0 Å². The second-order valence-corrected chi connectivity index (χ2v) is 18.5. The van der Waals surface area contributed by atoms with Gasteiger partial charge in [-0.1, -0.05) is 244 Å². The molecule has 0 rings (SSSR count). The van der Waals surface area contributed by atoms with Gasteiger partial charge in [-0.2, -0.15) is 0 Å². The summed E-state index contributed by atoms with van der Waals surface area (Å²) < 4.78 is 16.7. The lowest BCUT2D eigenvalue weighted by molar-refractivity contribution is -0.167. The Morgan fingerprint density at radius 2 is 0.592 bits per heavy atom. The number of unbranched alkanes of at least 4 members (excludes halogenated alkanes) is 17. The highest BCUT2D eigenvalue weighted by atomic mass is 16.6. The van der Waals surface area contributed by atoms with Crippen molar-refractivity contribution in [1.29, 1.82) is 0 Å². The van der Waals surface area contributed by atoms with Gasteiger partial charge in [-0.05, 0) is 109 Å². The van der Waals surface area contributed by atoms with E-state index in [9.17, 15) is 14.4 Å². The first-order chi connectivity index (χ1) is 35.0. The number of carbonyl (C=O) groups is 3. The molecule has 1 unspecified atom stereocenters. The number of hydrogen-bond donors (Lipinski definition) is 0. The number of ether oxygens (including phenoxy) is 3. The maximum atomic E-state index is 12.8. The first-order valence-electron chi connectivity index (χ1n) is 28.7. The summed E-state index contributed by atoms with van der Waals surface area (Å²) in [5.41, 5.74) is 0. The van der Waals surface area contributed by atoms with Crippen molar-refractivity contribution in [3.63, 3.8) is 0 Å². The van der Waals surface area contributed by atoms with E-state index in [1.54, 1.807) is 0 Å². The monoisotopic (exact) mass is 981 g/mol. The van der Waals surface area contributed by atoms with Gasteiger partial charge < -0.3 is 14.2 Å². The molecule has 0 aromatic carbocycles. The van der Waals surface area contributed by atoms with Crippen LogP contribution in [0.3, 0.4) is 0 Å². The van der Waals surface area contributed by atoms with Crippen LogP contribution in [0, 0.1) is 0 Å². The lowest BCUT2D eigenvalue weighted by atomic mass is 10.1. The third-order valence-corrected chi connectivity index (χ3v) is 11.6. The van der Waals surface area contributed by atoms with E-state index in [2.05, 4.69) is 154 Å². The summed E-state index contributed by atoms with van der Waals surface area (Å²) in [6.07, 6.45) is 81.7. The van der Waals surface area contributed by atoms with Gasteiger partial charge in [0.05, 0.1) is 0 Å². The van der Waals surface area contributed by atoms with E-state index in [0.717, 1.165) is 135 Å². The van der Waals surface area contributed by atoms with Crippen molar-refractivity contribution in [3.8, 4) is 0 Å². The molecule has 0 heterocycles. The fourth-order valence-electron chi connectivity index (χ4n) is 7.36. The molecule has 0 aromatic rings. The van der Waals surface area contributed by atoms with E-state index in [1.807, 2.05) is 0 Å². The Bertz CT molecular complexity index is 1550. The van der Waals surface area contributed by atoms with Crippen molar-refractivity contribution < 1.29 is 28.6 Å². The van der Waals surface area contributed by atoms with E-state index in [0.29, 0.717) is 19.3 Å². The van der Waals surface area contributed by atoms with Crippen LogP contribution in [0.1, 0.15) is 239 Å². The highest BCUT2D eigenvalue weighted by molar-refractivity contribution is 5.71. The van der Waals surface area contributed by atoms with Crippen molar-refractivity contribution >= 4 is 17.9 Å². The molecule has 0 N–H and O–H groups in total. The lowest BCUT2D eigenvalue weighted by Crippen LogP contribution is -2.30. The third kappa shape index (κ3) is 56.3. The quantitative estimate of drug-likeness (QED) is 0.0262. The molecule has 0 saturated carbocycles. The molecule has 0 aliphatic heterocycles. The van der Waals surface area contributed by atoms with Crippen molar-refractivity contribution in [3.05, 3.63) is 134 Å². The van der Waals surface area contributed by atoms with Gasteiger partial charge in [0, 0.05) is 19.3 Å². The average Bonchev–Trinajstić information content (AvgIpc) is 3.37. The Labute approximate surface area is 436 Å². The Kier molecular flexibility index (Phi) is 54.5. The van der Waals surface area contributed by atoms with Crippen molar-refractivity contribution in [2.45, 2.75) is 245 Å². The van der Waals surface area contributed by atoms with Gasteiger partial charge in [0.25, 0.3) is 0 Å². The molecule has 0 radical (unpaired) electrons. The SMILES string of the molecule is CC/C=C\C/C=C\C/C=C\C/C=C\C/C=C\C/C=C\C/C=C\C/C=C\C/C=C\CCCC(=O)OCC(COC(=O)CCCCCCCCCCCCC)OC(=O)CCCCCCC/C=C\C/C=C\CCC. The van der Waals surface area contributed by atoms with Crippen molar-refractivity contribution in [2.24, 2.45) is 0 Å². The minimum atomic E-state index is -0.811. The summed E-state index contributed by atoms with van der Waals surface area (Å²) in [5, 5.41) is 0. The van der Waals surface area contributed by atoms with Gasteiger partial charge in [-0.15, -0.1) is 0 Å². The van der Waals surface area contributed by atoms with Crippen molar-refractivity contribution in [2.75, 3.05) is 13.2 Å². The van der Waals surface area contributed by atoms with Gasteiger partial charge in [0.15, 0.2) is 6.10 Å². The molecule has 0 aliphatic carbocycles. The van der Waals surface area contributed by atoms with Crippen LogP contribution < -0.4 is 0 Å². The van der Waals surface area contributed by atoms with E-state index < -0.39 is 6.10 Å². The van der Waals surface area contributed by atoms with Crippen LogP contribution >= 0.6 is 0 Å². The van der Waals surface area contributed by atoms with Gasteiger partial charge >= 0.3 is 17.9 Å². The van der Waals surface area contributed by atoms with Crippen molar-refractivity contribution in [1.82, 2.24) is 0 Å². The zero-order chi connectivity index (χ0) is 51.4. The van der Waals surface area contributed by atoms with Crippen LogP contribution in [0.5, 0.6) is 0 Å². The number of hydrogen-bond acceptors (Lipinski definition) is 6. The summed E-state index contributed by atoms with van der Waals surface area (Å²) >= 11 is 0. The lowest BCUT2D eigenvalue weighted by Gasteiger charge is -2.18. The van der Waals surface area contributed by atoms with Crippen LogP contribution in [0.4, 0.5) is 0 Å². The molecule has 0 amide bonds. The van der Waals surface area contributed by atoms with E-state index in [4.69, 9.17) is 14.2 Å². The minimum absolute atomic E-state index is 0.104. The standard InChI is InChI=1S/C65H104O6/c1-4-7-10-13-16-19-22-24-25-26-27-28-29-30-31-32-33-34-35-36-37-38-39-41-43-46-49-52-55-58-64(67)70-61-62(60-69-63(66)57-54-51-48-45-42-21-18-15-12-9-6-3)71-65(68)59-56-53-50-47-44-40-23-20-17-14-11-8-5-2/h7,10-11,14,16,19-20,23-25,27-28,30-31,33-34,36-37,39,41,46,49,62H,4-6,8-9,12-13,15,17-18,21-22,26,29,32,35,38,40,42-45,47-48,50-61H2,1-3H3/b10-7-,14-11-,19-16-,23-20-,25-24-,28-27-,31-30-,34-33-,37-36-,41-39-,49-46-. The molecule has 0 saturated heterocycles. The second-order valence-electron chi connectivity index (χ2n) is 18.5. The molecule has 400 valence electrons. The first kappa shape index (κ1) is 66.6. The molecule has 6 heteroatoms. The van der Waals surface area contributed by atoms with E-state index in [1.165, 1.54) is 57.8 Å². The minimum Gasteiger partial charge on any atom is -0.462 e. The predicted molar refractivity (Wildman–Crippen MR) is 306 cm³/mol. The fourth-order valence-corrected chi connectivity index (χ4v) is 7.36. The summed E-state index contributed by atoms with van der Waals surface area (Å²) in [5.74, 6) is -0.987. The Hall–Kier alpha value is -4.45. The molecule has 0 spiro atoms. The summed E-state index contributed by atoms with van der Waals surface area (Å²) in [6, 6.07) is 0.